The van der Waals surface area contributed by atoms with Gasteiger partial charge in [0.25, 0.3) is 0 Å². The number of morpholine rings is 1. The molecule has 1 aliphatic rings. The Morgan fingerprint density at radius 1 is 1.69 bits per heavy atom. The molecule has 72 valence electrons. The number of hydrogen-bond acceptors (Lipinski definition) is 3. The van der Waals surface area contributed by atoms with E-state index in [0.717, 1.165) is 28.5 Å². The van der Waals surface area contributed by atoms with Gasteiger partial charge in [-0.1, -0.05) is 11.6 Å². The second-order valence-corrected chi connectivity index (χ2v) is 5.37. The molecule has 0 radical (unpaired) electrons. The van der Waals surface area contributed by atoms with Crippen LogP contribution >= 0.6 is 38.9 Å². The third-order valence-electron chi connectivity index (χ3n) is 1.91. The molecule has 0 bridgehead atoms. The lowest BCUT2D eigenvalue weighted by atomic mass is 10.2. The van der Waals surface area contributed by atoms with Gasteiger partial charge in [-0.15, -0.1) is 11.3 Å². The molecule has 1 saturated heterocycles. The fraction of sp³-hybridized carbons (Fsp3) is 0.500. The monoisotopic (exact) mass is 281 g/mol. The predicted octanol–water partition coefficient (Wildman–Crippen LogP) is 2.82. The van der Waals surface area contributed by atoms with Crippen molar-refractivity contribution < 1.29 is 4.74 Å². The molecule has 0 aromatic carbocycles. The number of thiophene rings is 1. The first-order chi connectivity index (χ1) is 6.27. The number of nitrogens with one attached hydrogen (secondary N) is 1. The van der Waals surface area contributed by atoms with Crippen LogP contribution in [0.2, 0.25) is 4.34 Å². The van der Waals surface area contributed by atoms with E-state index in [9.17, 15) is 0 Å². The van der Waals surface area contributed by atoms with Crippen molar-refractivity contribution in [3.8, 4) is 0 Å². The second kappa shape index (κ2) is 4.28. The van der Waals surface area contributed by atoms with Gasteiger partial charge in [-0.3, -0.25) is 0 Å². The molecule has 1 atom stereocenters. The molecule has 1 fully saturated rings. The van der Waals surface area contributed by atoms with Crippen molar-refractivity contribution in [2.45, 2.75) is 6.10 Å². The van der Waals surface area contributed by atoms with Gasteiger partial charge >= 0.3 is 0 Å². The van der Waals surface area contributed by atoms with E-state index in [1.165, 1.54) is 4.88 Å². The van der Waals surface area contributed by atoms with Gasteiger partial charge in [0, 0.05) is 22.4 Å². The predicted molar refractivity (Wildman–Crippen MR) is 58.6 cm³/mol. The maximum atomic E-state index is 5.94. The van der Waals surface area contributed by atoms with E-state index in [1.807, 2.05) is 6.07 Å². The minimum absolute atomic E-state index is 0.169. The minimum Gasteiger partial charge on any atom is -0.370 e. The maximum Gasteiger partial charge on any atom is 0.107 e. The Balaban J connectivity index is 2.14. The van der Waals surface area contributed by atoms with Crippen molar-refractivity contribution in [2.75, 3.05) is 19.7 Å². The third kappa shape index (κ3) is 2.25. The Kier molecular flexibility index (Phi) is 3.26. The van der Waals surface area contributed by atoms with Crippen LogP contribution in [0.1, 0.15) is 11.0 Å². The lowest BCUT2D eigenvalue weighted by Crippen LogP contribution is -2.32. The highest BCUT2D eigenvalue weighted by Gasteiger charge is 2.18. The fourth-order valence-electron chi connectivity index (χ4n) is 1.27. The summed E-state index contributed by atoms with van der Waals surface area (Å²) in [6.45, 7) is 2.60. The number of ether oxygens (including phenoxy) is 1. The Hall–Kier alpha value is 0.390. The maximum absolute atomic E-state index is 5.94. The highest BCUT2D eigenvalue weighted by molar-refractivity contribution is 9.10. The number of halogens is 2. The highest BCUT2D eigenvalue weighted by atomic mass is 79.9. The van der Waals surface area contributed by atoms with Gasteiger partial charge < -0.3 is 10.1 Å². The Morgan fingerprint density at radius 2 is 2.54 bits per heavy atom. The summed E-state index contributed by atoms with van der Waals surface area (Å²) in [5.74, 6) is 0. The van der Waals surface area contributed by atoms with E-state index in [-0.39, 0.29) is 6.10 Å². The van der Waals surface area contributed by atoms with Crippen LogP contribution in [0.25, 0.3) is 0 Å². The Bertz CT molecular complexity index is 279. The van der Waals surface area contributed by atoms with Crippen LogP contribution in [-0.4, -0.2) is 19.7 Å². The molecule has 1 aromatic heterocycles. The zero-order valence-corrected chi connectivity index (χ0v) is 10.0. The van der Waals surface area contributed by atoms with Gasteiger partial charge in [-0.05, 0) is 22.0 Å². The molecule has 0 aliphatic carbocycles. The molecule has 1 aliphatic heterocycles. The van der Waals surface area contributed by atoms with Gasteiger partial charge in [-0.2, -0.15) is 0 Å². The van der Waals surface area contributed by atoms with Crippen molar-refractivity contribution >= 4 is 38.9 Å². The normalized spacial score (nSPS) is 23.4. The Labute approximate surface area is 94.4 Å². The molecule has 5 heteroatoms. The van der Waals surface area contributed by atoms with Crippen LogP contribution in [0.4, 0.5) is 0 Å². The average molecular weight is 283 g/mol. The first-order valence-corrected chi connectivity index (χ1v) is 6.03. The van der Waals surface area contributed by atoms with Gasteiger partial charge in [0.1, 0.15) is 10.4 Å². The molecule has 0 spiro atoms. The molecule has 1 N–H and O–H groups in total. The van der Waals surface area contributed by atoms with Crippen molar-refractivity contribution in [3.63, 3.8) is 0 Å². The quantitative estimate of drug-likeness (QED) is 0.855. The number of rotatable bonds is 1. The van der Waals surface area contributed by atoms with Crippen LogP contribution in [0.15, 0.2) is 10.5 Å². The second-order valence-electron chi connectivity index (χ2n) is 2.83. The molecule has 1 unspecified atom stereocenters. The summed E-state index contributed by atoms with van der Waals surface area (Å²) < 4.78 is 7.36. The van der Waals surface area contributed by atoms with Crippen molar-refractivity contribution in [3.05, 3.63) is 19.8 Å². The molecule has 0 amide bonds. The zero-order chi connectivity index (χ0) is 9.26. The lowest BCUT2D eigenvalue weighted by molar-refractivity contribution is 0.0299. The summed E-state index contributed by atoms with van der Waals surface area (Å²) in [5, 5.41) is 3.29. The largest absolute Gasteiger partial charge is 0.370 e. The molecular weight excluding hydrogens is 274 g/mol. The molecule has 2 nitrogen and oxygen atoms in total. The zero-order valence-electron chi connectivity index (χ0n) is 6.85. The van der Waals surface area contributed by atoms with Gasteiger partial charge in [-0.25, -0.2) is 0 Å². The molecule has 2 rings (SSSR count). The summed E-state index contributed by atoms with van der Waals surface area (Å²) in [6, 6.07) is 2.03. The molecular formula is C8H9BrClNOS. The SMILES string of the molecule is Clc1sc(C2CNCCO2)cc1Br. The first-order valence-electron chi connectivity index (χ1n) is 4.04. The van der Waals surface area contributed by atoms with Gasteiger partial charge in [0.15, 0.2) is 0 Å². The van der Waals surface area contributed by atoms with Crippen LogP contribution < -0.4 is 5.32 Å². The highest BCUT2D eigenvalue weighted by Crippen LogP contribution is 2.36. The van der Waals surface area contributed by atoms with Crippen molar-refractivity contribution in [1.82, 2.24) is 5.32 Å². The minimum atomic E-state index is 0.169. The van der Waals surface area contributed by atoms with E-state index < -0.39 is 0 Å². The summed E-state index contributed by atoms with van der Waals surface area (Å²) in [7, 11) is 0. The summed E-state index contributed by atoms with van der Waals surface area (Å²) in [5.41, 5.74) is 0. The Morgan fingerprint density at radius 3 is 3.08 bits per heavy atom. The smallest absolute Gasteiger partial charge is 0.107 e. The first kappa shape index (κ1) is 9.93. The van der Waals surface area contributed by atoms with Gasteiger partial charge in [0.05, 0.1) is 6.61 Å². The van der Waals surface area contributed by atoms with E-state index in [2.05, 4.69) is 21.2 Å². The molecule has 1 aromatic rings. The molecule has 0 saturated carbocycles. The summed E-state index contributed by atoms with van der Waals surface area (Å²) in [4.78, 5) is 1.18. The molecule has 2 heterocycles. The van der Waals surface area contributed by atoms with Crippen LogP contribution in [0.5, 0.6) is 0 Å². The third-order valence-corrected chi connectivity index (χ3v) is 4.48. The van der Waals surface area contributed by atoms with Crippen LogP contribution in [0.3, 0.4) is 0 Å². The number of hydrogen-bond donors (Lipinski definition) is 1. The average Bonchev–Trinajstić information content (AvgIpc) is 2.49. The van der Waals surface area contributed by atoms with Gasteiger partial charge in [0.2, 0.25) is 0 Å². The summed E-state index contributed by atoms with van der Waals surface area (Å²) >= 11 is 10.9. The van der Waals surface area contributed by atoms with Crippen LogP contribution in [0, 0.1) is 0 Å². The van der Waals surface area contributed by atoms with Crippen molar-refractivity contribution in [1.29, 1.82) is 0 Å². The fourth-order valence-corrected chi connectivity index (χ4v) is 3.06. The standard InChI is InChI=1S/C8H9BrClNOS/c9-5-3-7(13-8(5)10)6-4-11-1-2-12-6/h3,6,11H,1-2,4H2. The lowest BCUT2D eigenvalue weighted by Gasteiger charge is -2.22. The summed E-state index contributed by atoms with van der Waals surface area (Å²) in [6.07, 6.45) is 0.169. The van der Waals surface area contributed by atoms with E-state index in [4.69, 9.17) is 16.3 Å². The van der Waals surface area contributed by atoms with Crippen molar-refractivity contribution in [2.24, 2.45) is 0 Å². The van der Waals surface area contributed by atoms with Crippen LogP contribution in [-0.2, 0) is 4.74 Å². The molecule has 13 heavy (non-hydrogen) atoms. The van der Waals surface area contributed by atoms with E-state index in [1.54, 1.807) is 11.3 Å². The van der Waals surface area contributed by atoms with E-state index in [0.29, 0.717) is 0 Å². The topological polar surface area (TPSA) is 21.3 Å². The van der Waals surface area contributed by atoms with E-state index >= 15 is 0 Å².